The molecule has 5 nitrogen and oxygen atoms in total. The van der Waals surface area contributed by atoms with Gasteiger partial charge in [-0.15, -0.1) is 11.3 Å². The summed E-state index contributed by atoms with van der Waals surface area (Å²) in [7, 11) is 1.57. The molecule has 1 N–H and O–H groups in total. The lowest BCUT2D eigenvalue weighted by Gasteiger charge is -2.24. The highest BCUT2D eigenvalue weighted by Gasteiger charge is 2.15. The molecule has 0 atom stereocenters. The summed E-state index contributed by atoms with van der Waals surface area (Å²) in [5.41, 5.74) is 3.23. The number of rotatable bonds is 11. The van der Waals surface area contributed by atoms with Gasteiger partial charge >= 0.3 is 0 Å². The third-order valence-corrected chi connectivity index (χ3v) is 7.00. The predicted molar refractivity (Wildman–Crippen MR) is 143 cm³/mol. The van der Waals surface area contributed by atoms with Gasteiger partial charge in [0.15, 0.2) is 0 Å². The second kappa shape index (κ2) is 12.4. The van der Waals surface area contributed by atoms with Crippen molar-refractivity contribution in [1.82, 2.24) is 5.32 Å². The highest BCUT2D eigenvalue weighted by Crippen LogP contribution is 2.35. The summed E-state index contributed by atoms with van der Waals surface area (Å²) in [6, 6.07) is 19.3. The average molecular weight is 476 g/mol. The number of benzene rings is 2. The van der Waals surface area contributed by atoms with E-state index in [-0.39, 0.29) is 11.5 Å². The SMILES string of the molecule is CCCN(CCC)c1ccc2cc(-c3ccc(/C(C)=C(\C#N)C(=O)NCCOC)s3)ccc2c1. The summed E-state index contributed by atoms with van der Waals surface area (Å²) in [5.74, 6) is -0.367. The Hall–Kier alpha value is -3.14. The molecule has 0 aliphatic rings. The third kappa shape index (κ3) is 6.05. The van der Waals surface area contributed by atoms with Gasteiger partial charge in [-0.25, -0.2) is 0 Å². The summed E-state index contributed by atoms with van der Waals surface area (Å²) in [5, 5.41) is 14.7. The molecule has 0 spiro atoms. The van der Waals surface area contributed by atoms with E-state index < -0.39 is 0 Å². The number of ether oxygens (including phenoxy) is 1. The van der Waals surface area contributed by atoms with Gasteiger partial charge in [0.2, 0.25) is 0 Å². The molecule has 0 fully saturated rings. The van der Waals surface area contributed by atoms with Crippen LogP contribution in [0.15, 0.2) is 54.1 Å². The van der Waals surface area contributed by atoms with Crippen molar-refractivity contribution in [3.63, 3.8) is 0 Å². The van der Waals surface area contributed by atoms with Gasteiger partial charge < -0.3 is 15.0 Å². The topological polar surface area (TPSA) is 65.4 Å². The van der Waals surface area contributed by atoms with Gasteiger partial charge in [0, 0.05) is 42.2 Å². The lowest BCUT2D eigenvalue weighted by atomic mass is 10.0. The van der Waals surface area contributed by atoms with E-state index in [9.17, 15) is 10.1 Å². The van der Waals surface area contributed by atoms with Crippen LogP contribution in [0.3, 0.4) is 0 Å². The van der Waals surface area contributed by atoms with Crippen LogP contribution in [0.5, 0.6) is 0 Å². The molecule has 0 unspecified atom stereocenters. The van der Waals surface area contributed by atoms with Crippen LogP contribution in [0.25, 0.3) is 26.8 Å². The highest BCUT2D eigenvalue weighted by molar-refractivity contribution is 7.16. The Labute approximate surface area is 206 Å². The molecule has 0 saturated heterocycles. The Morgan fingerprint density at radius 2 is 1.76 bits per heavy atom. The maximum absolute atomic E-state index is 12.4. The van der Waals surface area contributed by atoms with Crippen molar-refractivity contribution in [2.24, 2.45) is 0 Å². The average Bonchev–Trinajstić information content (AvgIpc) is 3.34. The standard InChI is InChI=1S/C28H33N3O2S/c1-5-14-31(15-6-2)24-10-9-21-17-23(8-7-22(21)18-24)27-12-11-26(34-27)20(3)25(19-29)28(32)30-13-16-33-4/h7-12,17-18H,5-6,13-16H2,1-4H3,(H,30,32)/b25-20+. The van der Waals surface area contributed by atoms with Crippen molar-refractivity contribution >= 4 is 39.3 Å². The number of allylic oxidation sites excluding steroid dienone is 1. The largest absolute Gasteiger partial charge is 0.383 e. The van der Waals surface area contributed by atoms with Crippen LogP contribution in [-0.2, 0) is 9.53 Å². The smallest absolute Gasteiger partial charge is 0.262 e. The fourth-order valence-corrected chi connectivity index (χ4v) is 4.98. The molecule has 1 heterocycles. The number of fused-ring (bicyclic) bond motifs is 1. The van der Waals surface area contributed by atoms with Gasteiger partial charge in [-0.05, 0) is 72.0 Å². The van der Waals surface area contributed by atoms with Crippen molar-refractivity contribution in [2.75, 3.05) is 38.3 Å². The van der Waals surface area contributed by atoms with E-state index in [2.05, 4.69) is 72.6 Å². The molecule has 2 aromatic carbocycles. The number of hydrogen-bond donors (Lipinski definition) is 1. The summed E-state index contributed by atoms with van der Waals surface area (Å²) < 4.78 is 4.96. The lowest BCUT2D eigenvalue weighted by Crippen LogP contribution is -2.28. The van der Waals surface area contributed by atoms with E-state index in [1.165, 1.54) is 16.5 Å². The Balaban J connectivity index is 1.86. The molecule has 3 rings (SSSR count). The maximum Gasteiger partial charge on any atom is 0.262 e. The van der Waals surface area contributed by atoms with Gasteiger partial charge in [0.1, 0.15) is 11.6 Å². The Bertz CT molecular complexity index is 1200. The molecule has 6 heteroatoms. The zero-order valence-electron chi connectivity index (χ0n) is 20.5. The second-order valence-electron chi connectivity index (χ2n) is 8.26. The molecule has 34 heavy (non-hydrogen) atoms. The number of anilines is 1. The minimum absolute atomic E-state index is 0.138. The fourth-order valence-electron chi connectivity index (χ4n) is 3.97. The summed E-state index contributed by atoms with van der Waals surface area (Å²) in [6.45, 7) is 9.17. The van der Waals surface area contributed by atoms with Crippen LogP contribution in [0.4, 0.5) is 5.69 Å². The first-order chi connectivity index (χ1) is 16.5. The zero-order valence-corrected chi connectivity index (χ0v) is 21.3. The quantitative estimate of drug-likeness (QED) is 0.202. The van der Waals surface area contributed by atoms with Crippen molar-refractivity contribution in [1.29, 1.82) is 5.26 Å². The van der Waals surface area contributed by atoms with Crippen LogP contribution >= 0.6 is 11.3 Å². The number of thiophene rings is 1. The van der Waals surface area contributed by atoms with Crippen LogP contribution in [0.2, 0.25) is 0 Å². The molecular weight excluding hydrogens is 442 g/mol. The first kappa shape index (κ1) is 25.5. The van der Waals surface area contributed by atoms with E-state index in [0.29, 0.717) is 18.7 Å². The van der Waals surface area contributed by atoms with Crippen LogP contribution in [0, 0.1) is 11.3 Å². The van der Waals surface area contributed by atoms with E-state index in [1.807, 2.05) is 13.0 Å². The molecule has 0 aliphatic carbocycles. The predicted octanol–water partition coefficient (Wildman–Crippen LogP) is 6.25. The molecule has 3 aromatic rings. The monoisotopic (exact) mass is 475 g/mol. The minimum Gasteiger partial charge on any atom is -0.383 e. The van der Waals surface area contributed by atoms with Gasteiger partial charge in [0.25, 0.3) is 5.91 Å². The summed E-state index contributed by atoms with van der Waals surface area (Å²) >= 11 is 1.59. The number of carbonyl (C=O) groups excluding carboxylic acids is 1. The minimum atomic E-state index is -0.367. The van der Waals surface area contributed by atoms with Crippen molar-refractivity contribution < 1.29 is 9.53 Å². The van der Waals surface area contributed by atoms with Crippen molar-refractivity contribution in [2.45, 2.75) is 33.6 Å². The van der Waals surface area contributed by atoms with Gasteiger partial charge in [-0.1, -0.05) is 32.0 Å². The first-order valence-corrected chi connectivity index (χ1v) is 12.6. The highest BCUT2D eigenvalue weighted by atomic mass is 32.1. The summed E-state index contributed by atoms with van der Waals surface area (Å²) in [4.78, 5) is 16.9. The Morgan fingerprint density at radius 3 is 2.44 bits per heavy atom. The molecule has 1 amide bonds. The molecular formula is C28H33N3O2S. The van der Waals surface area contributed by atoms with Crippen LogP contribution < -0.4 is 10.2 Å². The Kier molecular flexibility index (Phi) is 9.26. The van der Waals surface area contributed by atoms with Gasteiger partial charge in [-0.2, -0.15) is 5.26 Å². The number of nitrogens with zero attached hydrogens (tertiary/aromatic N) is 2. The van der Waals surface area contributed by atoms with Crippen LogP contribution in [0.1, 0.15) is 38.5 Å². The molecule has 0 radical (unpaired) electrons. The van der Waals surface area contributed by atoms with E-state index in [1.54, 1.807) is 18.4 Å². The number of amides is 1. The van der Waals surface area contributed by atoms with Crippen molar-refractivity contribution in [3.8, 4) is 16.5 Å². The molecule has 0 bridgehead atoms. The van der Waals surface area contributed by atoms with E-state index >= 15 is 0 Å². The fraction of sp³-hybridized carbons (Fsp3) is 0.357. The maximum atomic E-state index is 12.4. The van der Waals surface area contributed by atoms with Crippen LogP contribution in [-0.4, -0.2) is 39.3 Å². The number of methoxy groups -OCH3 is 1. The lowest BCUT2D eigenvalue weighted by molar-refractivity contribution is -0.117. The van der Waals surface area contributed by atoms with E-state index in [4.69, 9.17) is 4.74 Å². The third-order valence-electron chi connectivity index (χ3n) is 5.74. The van der Waals surface area contributed by atoms with Gasteiger partial charge in [0.05, 0.1) is 6.61 Å². The first-order valence-electron chi connectivity index (χ1n) is 11.8. The summed E-state index contributed by atoms with van der Waals surface area (Å²) in [6.07, 6.45) is 2.27. The number of nitriles is 1. The zero-order chi connectivity index (χ0) is 24.5. The molecule has 0 aliphatic heterocycles. The number of hydrogen-bond acceptors (Lipinski definition) is 5. The van der Waals surface area contributed by atoms with E-state index in [0.717, 1.165) is 41.2 Å². The number of nitrogens with one attached hydrogen (secondary N) is 1. The number of carbonyl (C=O) groups is 1. The second-order valence-corrected chi connectivity index (χ2v) is 9.34. The molecule has 1 aromatic heterocycles. The van der Waals surface area contributed by atoms with Crippen molar-refractivity contribution in [3.05, 3.63) is 59.0 Å². The Morgan fingerprint density at radius 1 is 1.06 bits per heavy atom. The molecule has 0 saturated carbocycles. The molecule has 178 valence electrons. The van der Waals surface area contributed by atoms with Gasteiger partial charge in [-0.3, -0.25) is 4.79 Å². The normalized spacial score (nSPS) is 11.7.